The van der Waals surface area contributed by atoms with E-state index in [2.05, 4.69) is 41.5 Å². The van der Waals surface area contributed by atoms with Gasteiger partial charge in [-0.15, -0.1) is 0 Å². The van der Waals surface area contributed by atoms with Gasteiger partial charge in [0.1, 0.15) is 0 Å². The third-order valence-electron chi connectivity index (χ3n) is 3.71. The van der Waals surface area contributed by atoms with Crippen molar-refractivity contribution < 1.29 is 0 Å². The summed E-state index contributed by atoms with van der Waals surface area (Å²) >= 11 is 0. The van der Waals surface area contributed by atoms with Crippen LogP contribution >= 0.6 is 0 Å². The molecular weight excluding hydrogens is 208 g/mol. The standard InChI is InChI=1S/C15H18N2/c1-11-6-14(7-11)17-10-13-9-16-8-12-4-2-3-5-15(12)13/h2-5,8-9,11,14,17H,6-7,10H2,1H3. The molecule has 1 N–H and O–H groups in total. The average Bonchev–Trinajstić information content (AvgIpc) is 2.33. The summed E-state index contributed by atoms with van der Waals surface area (Å²) in [5, 5.41) is 6.17. The molecule has 2 aromatic rings. The van der Waals surface area contributed by atoms with Crippen LogP contribution in [0.5, 0.6) is 0 Å². The number of benzene rings is 1. The van der Waals surface area contributed by atoms with Crippen molar-refractivity contribution in [2.75, 3.05) is 0 Å². The van der Waals surface area contributed by atoms with Gasteiger partial charge in [-0.2, -0.15) is 0 Å². The number of aromatic nitrogens is 1. The van der Waals surface area contributed by atoms with E-state index in [9.17, 15) is 0 Å². The number of nitrogens with one attached hydrogen (secondary N) is 1. The lowest BCUT2D eigenvalue weighted by Gasteiger charge is -2.33. The minimum atomic E-state index is 0.712. The van der Waals surface area contributed by atoms with Crippen molar-refractivity contribution in [3.8, 4) is 0 Å². The largest absolute Gasteiger partial charge is 0.310 e. The first-order chi connectivity index (χ1) is 8.33. The summed E-state index contributed by atoms with van der Waals surface area (Å²) in [7, 11) is 0. The minimum absolute atomic E-state index is 0.712. The van der Waals surface area contributed by atoms with Gasteiger partial charge in [0, 0.05) is 30.4 Å². The van der Waals surface area contributed by atoms with Crippen LogP contribution in [0, 0.1) is 5.92 Å². The van der Waals surface area contributed by atoms with Gasteiger partial charge < -0.3 is 5.32 Å². The highest BCUT2D eigenvalue weighted by Gasteiger charge is 2.24. The van der Waals surface area contributed by atoms with Gasteiger partial charge in [0.2, 0.25) is 0 Å². The highest BCUT2D eigenvalue weighted by Crippen LogP contribution is 2.27. The van der Waals surface area contributed by atoms with Gasteiger partial charge in [-0.1, -0.05) is 31.2 Å². The molecule has 1 fully saturated rings. The van der Waals surface area contributed by atoms with Crippen molar-refractivity contribution in [3.63, 3.8) is 0 Å². The molecule has 1 heterocycles. The number of fused-ring (bicyclic) bond motifs is 1. The molecule has 1 aromatic carbocycles. The quantitative estimate of drug-likeness (QED) is 0.869. The van der Waals surface area contributed by atoms with Crippen LogP contribution in [0.1, 0.15) is 25.3 Å². The summed E-state index contributed by atoms with van der Waals surface area (Å²) < 4.78 is 0. The zero-order valence-corrected chi connectivity index (χ0v) is 10.2. The lowest BCUT2D eigenvalue weighted by Crippen LogP contribution is -2.39. The molecule has 0 unspecified atom stereocenters. The van der Waals surface area contributed by atoms with Crippen molar-refractivity contribution in [3.05, 3.63) is 42.2 Å². The van der Waals surface area contributed by atoms with Gasteiger partial charge in [-0.25, -0.2) is 0 Å². The molecule has 0 atom stereocenters. The molecule has 0 bridgehead atoms. The van der Waals surface area contributed by atoms with Crippen LogP contribution in [0.2, 0.25) is 0 Å². The van der Waals surface area contributed by atoms with E-state index in [1.165, 1.54) is 29.2 Å². The molecule has 0 amide bonds. The second-order valence-corrected chi connectivity index (χ2v) is 5.17. The molecule has 0 spiro atoms. The lowest BCUT2D eigenvalue weighted by molar-refractivity contribution is 0.240. The molecule has 2 nitrogen and oxygen atoms in total. The fraction of sp³-hybridized carbons (Fsp3) is 0.400. The first-order valence-electron chi connectivity index (χ1n) is 6.38. The van der Waals surface area contributed by atoms with Gasteiger partial charge in [0.25, 0.3) is 0 Å². The second kappa shape index (κ2) is 4.46. The van der Waals surface area contributed by atoms with Gasteiger partial charge in [0.15, 0.2) is 0 Å². The summed E-state index contributed by atoms with van der Waals surface area (Å²) in [6.45, 7) is 3.25. The zero-order valence-electron chi connectivity index (χ0n) is 10.2. The summed E-state index contributed by atoms with van der Waals surface area (Å²) in [6, 6.07) is 9.17. The van der Waals surface area contributed by atoms with E-state index in [0.717, 1.165) is 12.5 Å². The number of pyridine rings is 1. The molecule has 0 saturated heterocycles. The summed E-state index contributed by atoms with van der Waals surface area (Å²) in [5.41, 5.74) is 1.31. The smallest absolute Gasteiger partial charge is 0.0346 e. The SMILES string of the molecule is CC1CC(NCc2cncc3ccccc23)C1. The Bertz CT molecular complexity index is 510. The number of hydrogen-bond donors (Lipinski definition) is 1. The maximum atomic E-state index is 4.31. The first kappa shape index (κ1) is 10.7. The third-order valence-corrected chi connectivity index (χ3v) is 3.71. The van der Waals surface area contributed by atoms with Crippen molar-refractivity contribution in [2.45, 2.75) is 32.4 Å². The first-order valence-corrected chi connectivity index (χ1v) is 6.38. The van der Waals surface area contributed by atoms with Crippen LogP contribution in [0.3, 0.4) is 0 Å². The van der Waals surface area contributed by atoms with Crippen molar-refractivity contribution in [1.29, 1.82) is 0 Å². The molecule has 1 aliphatic rings. The van der Waals surface area contributed by atoms with Crippen LogP contribution < -0.4 is 5.32 Å². The van der Waals surface area contributed by atoms with E-state index in [4.69, 9.17) is 0 Å². The van der Waals surface area contributed by atoms with Gasteiger partial charge in [-0.05, 0) is 29.7 Å². The van der Waals surface area contributed by atoms with Crippen LogP contribution in [-0.2, 0) is 6.54 Å². The molecule has 17 heavy (non-hydrogen) atoms. The highest BCUT2D eigenvalue weighted by molar-refractivity contribution is 5.84. The average molecular weight is 226 g/mol. The lowest BCUT2D eigenvalue weighted by atomic mass is 9.82. The van der Waals surface area contributed by atoms with E-state index in [1.807, 2.05) is 12.4 Å². The zero-order chi connectivity index (χ0) is 11.7. The molecule has 2 heteroatoms. The molecule has 1 aliphatic carbocycles. The predicted molar refractivity (Wildman–Crippen MR) is 70.8 cm³/mol. The fourth-order valence-corrected chi connectivity index (χ4v) is 2.64. The van der Waals surface area contributed by atoms with E-state index >= 15 is 0 Å². The number of hydrogen-bond acceptors (Lipinski definition) is 2. The number of rotatable bonds is 3. The maximum Gasteiger partial charge on any atom is 0.0346 e. The van der Waals surface area contributed by atoms with E-state index in [1.54, 1.807) is 0 Å². The Morgan fingerprint density at radius 1 is 1.24 bits per heavy atom. The Morgan fingerprint density at radius 2 is 2.06 bits per heavy atom. The maximum absolute atomic E-state index is 4.31. The molecule has 0 radical (unpaired) electrons. The van der Waals surface area contributed by atoms with Crippen molar-refractivity contribution in [1.82, 2.24) is 10.3 Å². The summed E-state index contributed by atoms with van der Waals surface area (Å²) in [4.78, 5) is 4.31. The molecular formula is C15H18N2. The molecule has 88 valence electrons. The Labute approximate surface area is 102 Å². The highest BCUT2D eigenvalue weighted by atomic mass is 14.9. The molecule has 1 aromatic heterocycles. The topological polar surface area (TPSA) is 24.9 Å². The minimum Gasteiger partial charge on any atom is -0.310 e. The number of nitrogens with zero attached hydrogens (tertiary/aromatic N) is 1. The van der Waals surface area contributed by atoms with Gasteiger partial charge in [-0.3, -0.25) is 4.98 Å². The van der Waals surface area contributed by atoms with Crippen LogP contribution in [0.15, 0.2) is 36.7 Å². The van der Waals surface area contributed by atoms with Crippen LogP contribution in [0.25, 0.3) is 10.8 Å². The van der Waals surface area contributed by atoms with E-state index in [-0.39, 0.29) is 0 Å². The van der Waals surface area contributed by atoms with E-state index in [0.29, 0.717) is 6.04 Å². The molecule has 1 saturated carbocycles. The Kier molecular flexibility index (Phi) is 2.81. The second-order valence-electron chi connectivity index (χ2n) is 5.17. The van der Waals surface area contributed by atoms with Crippen LogP contribution in [-0.4, -0.2) is 11.0 Å². The molecule has 3 rings (SSSR count). The van der Waals surface area contributed by atoms with E-state index < -0.39 is 0 Å². The Morgan fingerprint density at radius 3 is 2.88 bits per heavy atom. The monoisotopic (exact) mass is 226 g/mol. The van der Waals surface area contributed by atoms with Gasteiger partial charge >= 0.3 is 0 Å². The normalized spacial score (nSPS) is 23.6. The molecule has 0 aliphatic heterocycles. The Balaban J connectivity index is 1.76. The summed E-state index contributed by atoms with van der Waals surface area (Å²) in [6.07, 6.45) is 6.55. The fourth-order valence-electron chi connectivity index (χ4n) is 2.64. The third kappa shape index (κ3) is 2.18. The van der Waals surface area contributed by atoms with Crippen molar-refractivity contribution >= 4 is 10.8 Å². The predicted octanol–water partition coefficient (Wildman–Crippen LogP) is 3.12. The Hall–Kier alpha value is -1.41. The van der Waals surface area contributed by atoms with Crippen LogP contribution in [0.4, 0.5) is 0 Å². The summed E-state index contributed by atoms with van der Waals surface area (Å²) in [5.74, 6) is 0.901. The van der Waals surface area contributed by atoms with Crippen molar-refractivity contribution in [2.24, 2.45) is 5.92 Å². The van der Waals surface area contributed by atoms with Gasteiger partial charge in [0.05, 0.1) is 0 Å².